The van der Waals surface area contributed by atoms with Gasteiger partial charge in [-0.05, 0) is 37.1 Å². The van der Waals surface area contributed by atoms with Crippen LogP contribution < -0.4 is 10.6 Å². The van der Waals surface area contributed by atoms with Crippen molar-refractivity contribution in [3.63, 3.8) is 0 Å². The van der Waals surface area contributed by atoms with E-state index in [9.17, 15) is 14.4 Å². The largest absolute Gasteiger partial charge is 0.455 e. The maximum absolute atomic E-state index is 11.8. The summed E-state index contributed by atoms with van der Waals surface area (Å²) in [5.74, 6) is -0.868. The first-order valence-corrected chi connectivity index (χ1v) is 9.64. The van der Waals surface area contributed by atoms with Crippen LogP contribution in [-0.4, -0.2) is 41.9 Å². The van der Waals surface area contributed by atoms with E-state index in [4.69, 9.17) is 16.3 Å². The van der Waals surface area contributed by atoms with Crippen molar-refractivity contribution in [2.24, 2.45) is 0 Å². The summed E-state index contributed by atoms with van der Waals surface area (Å²) in [6.45, 7) is -0.271. The Hall–Kier alpha value is -1.73. The number of ether oxygens (including phenoxy) is 1. The molecule has 0 bridgehead atoms. The van der Waals surface area contributed by atoms with Crippen LogP contribution in [0.2, 0.25) is 5.02 Å². The molecule has 0 unspecified atom stereocenters. The third-order valence-corrected chi connectivity index (χ3v) is 4.82. The molecule has 0 radical (unpaired) electrons. The average Bonchev–Trinajstić information content (AvgIpc) is 3.08. The molecule has 2 N–H and O–H groups in total. The van der Waals surface area contributed by atoms with Crippen LogP contribution in [0, 0.1) is 0 Å². The van der Waals surface area contributed by atoms with E-state index in [1.165, 1.54) is 0 Å². The number of hydrogen-bond acceptors (Lipinski definition) is 5. The van der Waals surface area contributed by atoms with Gasteiger partial charge in [-0.2, -0.15) is 0 Å². The van der Waals surface area contributed by atoms with E-state index in [0.29, 0.717) is 10.7 Å². The summed E-state index contributed by atoms with van der Waals surface area (Å²) >= 11 is 6.90. The lowest BCUT2D eigenvalue weighted by atomic mass is 10.2. The first-order chi connectivity index (χ1) is 12.0. The molecule has 0 aromatic heterocycles. The number of rotatable bonds is 8. The standard InChI is InChI=1S/C17H21ClN2O4S/c18-12-5-7-14(8-6-12)20-16(22)10-25-11-17(23)24-9-15(21)19-13-3-1-2-4-13/h5-8,13H,1-4,9-11H2,(H,19,21)(H,20,22). The lowest BCUT2D eigenvalue weighted by Crippen LogP contribution is -2.36. The Morgan fingerprint density at radius 2 is 1.76 bits per heavy atom. The zero-order valence-corrected chi connectivity index (χ0v) is 15.3. The van der Waals surface area contributed by atoms with Crippen molar-refractivity contribution in [3.05, 3.63) is 29.3 Å². The smallest absolute Gasteiger partial charge is 0.316 e. The summed E-state index contributed by atoms with van der Waals surface area (Å²) < 4.78 is 4.91. The molecule has 25 heavy (non-hydrogen) atoms. The van der Waals surface area contributed by atoms with E-state index in [1.807, 2.05) is 0 Å². The van der Waals surface area contributed by atoms with Crippen molar-refractivity contribution >= 4 is 46.8 Å². The van der Waals surface area contributed by atoms with Crippen LogP contribution in [0.1, 0.15) is 25.7 Å². The molecule has 1 aliphatic rings. The fraction of sp³-hybridized carbons (Fsp3) is 0.471. The van der Waals surface area contributed by atoms with Gasteiger partial charge in [-0.1, -0.05) is 24.4 Å². The predicted molar refractivity (Wildman–Crippen MR) is 98.8 cm³/mol. The second-order valence-corrected chi connectivity index (χ2v) is 7.18. The van der Waals surface area contributed by atoms with E-state index < -0.39 is 5.97 Å². The van der Waals surface area contributed by atoms with Crippen molar-refractivity contribution in [1.82, 2.24) is 5.32 Å². The van der Waals surface area contributed by atoms with E-state index in [-0.39, 0.29) is 36.0 Å². The summed E-state index contributed by atoms with van der Waals surface area (Å²) in [5.41, 5.74) is 0.640. The second-order valence-electron chi connectivity index (χ2n) is 5.76. The average molecular weight is 385 g/mol. The molecule has 1 fully saturated rings. The maximum Gasteiger partial charge on any atom is 0.316 e. The Balaban J connectivity index is 1.55. The molecule has 0 aliphatic heterocycles. The maximum atomic E-state index is 11.8. The predicted octanol–water partition coefficient (Wildman–Crippen LogP) is 2.61. The Morgan fingerprint density at radius 3 is 2.44 bits per heavy atom. The van der Waals surface area contributed by atoms with Gasteiger partial charge in [0.2, 0.25) is 5.91 Å². The number of carbonyl (C=O) groups is 3. The molecule has 6 nitrogen and oxygen atoms in total. The highest BCUT2D eigenvalue weighted by atomic mass is 35.5. The highest BCUT2D eigenvalue weighted by Gasteiger charge is 2.17. The zero-order valence-electron chi connectivity index (χ0n) is 13.8. The molecular weight excluding hydrogens is 364 g/mol. The Kier molecular flexibility index (Phi) is 8.08. The van der Waals surface area contributed by atoms with Crippen molar-refractivity contribution in [3.8, 4) is 0 Å². The minimum absolute atomic E-state index is 0.0186. The van der Waals surface area contributed by atoms with E-state index in [1.54, 1.807) is 24.3 Å². The highest BCUT2D eigenvalue weighted by Crippen LogP contribution is 2.17. The summed E-state index contributed by atoms with van der Waals surface area (Å²) in [6.07, 6.45) is 4.22. The summed E-state index contributed by atoms with van der Waals surface area (Å²) in [6, 6.07) is 6.96. The minimum Gasteiger partial charge on any atom is -0.455 e. The van der Waals surface area contributed by atoms with Crippen LogP contribution in [0.4, 0.5) is 5.69 Å². The zero-order chi connectivity index (χ0) is 18.1. The van der Waals surface area contributed by atoms with Gasteiger partial charge < -0.3 is 15.4 Å². The van der Waals surface area contributed by atoms with Gasteiger partial charge in [0.25, 0.3) is 5.91 Å². The Morgan fingerprint density at radius 1 is 1.08 bits per heavy atom. The molecule has 2 amide bonds. The van der Waals surface area contributed by atoms with Crippen molar-refractivity contribution in [1.29, 1.82) is 0 Å². The quantitative estimate of drug-likeness (QED) is 0.673. The van der Waals surface area contributed by atoms with Gasteiger partial charge in [0.15, 0.2) is 6.61 Å². The molecule has 8 heteroatoms. The monoisotopic (exact) mass is 384 g/mol. The molecule has 136 valence electrons. The molecule has 2 rings (SSSR count). The summed E-state index contributed by atoms with van der Waals surface area (Å²) in [7, 11) is 0. The van der Waals surface area contributed by atoms with E-state index in [2.05, 4.69) is 10.6 Å². The lowest BCUT2D eigenvalue weighted by Gasteiger charge is -2.11. The summed E-state index contributed by atoms with van der Waals surface area (Å²) in [5, 5.41) is 6.13. The number of halogens is 1. The normalized spacial score (nSPS) is 14.1. The first-order valence-electron chi connectivity index (χ1n) is 8.11. The van der Waals surface area contributed by atoms with Gasteiger partial charge in [0.05, 0.1) is 11.5 Å². The van der Waals surface area contributed by atoms with Crippen molar-refractivity contribution in [2.45, 2.75) is 31.7 Å². The van der Waals surface area contributed by atoms with Gasteiger partial charge in [-0.3, -0.25) is 14.4 Å². The number of thioether (sulfide) groups is 1. The summed E-state index contributed by atoms with van der Waals surface area (Å²) in [4.78, 5) is 35.0. The minimum atomic E-state index is -0.508. The molecule has 0 heterocycles. The van der Waals surface area contributed by atoms with Gasteiger partial charge in [0, 0.05) is 16.8 Å². The van der Waals surface area contributed by atoms with E-state index in [0.717, 1.165) is 37.4 Å². The van der Waals surface area contributed by atoms with Crippen LogP contribution in [-0.2, 0) is 19.1 Å². The Bertz CT molecular complexity index is 603. The number of anilines is 1. The number of hydrogen-bond donors (Lipinski definition) is 2. The van der Waals surface area contributed by atoms with Gasteiger partial charge in [-0.15, -0.1) is 11.8 Å². The number of esters is 1. The molecule has 1 saturated carbocycles. The van der Waals surface area contributed by atoms with Gasteiger partial charge in [0.1, 0.15) is 0 Å². The van der Waals surface area contributed by atoms with Gasteiger partial charge in [-0.25, -0.2) is 0 Å². The molecule has 0 atom stereocenters. The molecular formula is C17H21ClN2O4S. The number of nitrogens with one attached hydrogen (secondary N) is 2. The van der Waals surface area contributed by atoms with Crippen LogP contribution in [0.15, 0.2) is 24.3 Å². The third kappa shape index (κ3) is 7.79. The van der Waals surface area contributed by atoms with E-state index >= 15 is 0 Å². The fourth-order valence-electron chi connectivity index (χ4n) is 2.48. The Labute approximate surface area is 156 Å². The fourth-order valence-corrected chi connectivity index (χ4v) is 3.22. The molecule has 0 spiro atoms. The van der Waals surface area contributed by atoms with Crippen molar-refractivity contribution in [2.75, 3.05) is 23.4 Å². The number of benzene rings is 1. The number of amides is 2. The third-order valence-electron chi connectivity index (χ3n) is 3.67. The molecule has 1 aromatic rings. The highest BCUT2D eigenvalue weighted by molar-refractivity contribution is 8.00. The SMILES string of the molecule is O=C(CSCC(=O)OCC(=O)NC1CCCC1)Nc1ccc(Cl)cc1. The lowest BCUT2D eigenvalue weighted by molar-refractivity contribution is -0.146. The molecule has 0 saturated heterocycles. The number of carbonyl (C=O) groups excluding carboxylic acids is 3. The van der Waals surface area contributed by atoms with Crippen LogP contribution in [0.25, 0.3) is 0 Å². The second kappa shape index (κ2) is 10.3. The van der Waals surface area contributed by atoms with Crippen molar-refractivity contribution < 1.29 is 19.1 Å². The molecule has 1 aliphatic carbocycles. The first kappa shape index (κ1) is 19.6. The molecule has 1 aromatic carbocycles. The van der Waals surface area contributed by atoms with Crippen LogP contribution in [0.3, 0.4) is 0 Å². The topological polar surface area (TPSA) is 84.5 Å². The van der Waals surface area contributed by atoms with Crippen LogP contribution >= 0.6 is 23.4 Å². The van der Waals surface area contributed by atoms with Gasteiger partial charge >= 0.3 is 5.97 Å². The van der Waals surface area contributed by atoms with Crippen LogP contribution in [0.5, 0.6) is 0 Å².